The lowest BCUT2D eigenvalue weighted by atomic mass is 9.91. The molecule has 1 saturated heterocycles. The van der Waals surface area contributed by atoms with Gasteiger partial charge in [0.1, 0.15) is 18.3 Å². The Bertz CT molecular complexity index is 1870. The summed E-state index contributed by atoms with van der Waals surface area (Å²) in [5, 5.41) is 14.4. The number of alkyl halides is 3. The van der Waals surface area contributed by atoms with E-state index in [4.69, 9.17) is 19.3 Å². The quantitative estimate of drug-likeness (QED) is 0.198. The van der Waals surface area contributed by atoms with Crippen molar-refractivity contribution in [2.24, 2.45) is 0 Å². The van der Waals surface area contributed by atoms with Crippen molar-refractivity contribution in [2.45, 2.75) is 56.1 Å². The first kappa shape index (κ1) is 36.5. The van der Waals surface area contributed by atoms with Crippen molar-refractivity contribution in [1.82, 2.24) is 10.6 Å². The number of halogens is 3. The molecule has 3 atom stereocenters. The summed E-state index contributed by atoms with van der Waals surface area (Å²) in [7, 11) is 0. The minimum Gasteiger partial charge on any atom is -0.456 e. The lowest BCUT2D eigenvalue weighted by Crippen LogP contribution is -2.43. The van der Waals surface area contributed by atoms with Gasteiger partial charge in [0.05, 0.1) is 12.2 Å². The van der Waals surface area contributed by atoms with Crippen molar-refractivity contribution in [2.75, 3.05) is 19.8 Å². The summed E-state index contributed by atoms with van der Waals surface area (Å²) in [6.45, 7) is -1.68. The molecule has 3 aliphatic rings. The molecule has 2 amide bonds. The number of esters is 2. The second kappa shape index (κ2) is 15.5. The van der Waals surface area contributed by atoms with Gasteiger partial charge in [-0.15, -0.1) is 0 Å². The molecule has 1 heterocycles. The standard InChI is InChI=1S/C38H35F3N2O9/c39-38(40,41)22-49-32(45)13-10-23-8-11-25(12-9-23)36(48)50-30-17-29(35(47)43-21-24-4-3-7-26(16-24)34(46)42-14-15-44)18-31-33(30)52-37(51-31)19-27-5-1-2-6-28(27)20-37/h1-13,16,18,30-31,33,44H,14-15,17,19-22H2,(H,42,46)(H,43,47). The van der Waals surface area contributed by atoms with E-state index in [0.29, 0.717) is 35.1 Å². The number of ether oxygens (including phenoxy) is 4. The molecule has 3 aromatic carbocycles. The van der Waals surface area contributed by atoms with E-state index < -0.39 is 54.7 Å². The molecule has 52 heavy (non-hydrogen) atoms. The largest absolute Gasteiger partial charge is 0.456 e. The third kappa shape index (κ3) is 8.94. The first-order valence-electron chi connectivity index (χ1n) is 16.5. The number of aliphatic hydroxyl groups excluding tert-OH is 1. The Morgan fingerprint density at radius 3 is 2.33 bits per heavy atom. The molecule has 1 spiro atoms. The molecule has 3 unspecified atom stereocenters. The van der Waals surface area contributed by atoms with Gasteiger partial charge in [0.2, 0.25) is 5.91 Å². The van der Waals surface area contributed by atoms with Crippen LogP contribution in [0.15, 0.2) is 90.5 Å². The zero-order valence-electron chi connectivity index (χ0n) is 27.7. The summed E-state index contributed by atoms with van der Waals surface area (Å²) in [6, 6.07) is 20.4. The number of carbonyl (C=O) groups is 4. The summed E-state index contributed by atoms with van der Waals surface area (Å²) in [4.78, 5) is 50.9. The highest BCUT2D eigenvalue weighted by Gasteiger charge is 2.55. The number of amides is 2. The fraction of sp³-hybridized carbons (Fsp3) is 0.316. The Labute approximate surface area is 296 Å². The van der Waals surface area contributed by atoms with Crippen molar-refractivity contribution >= 4 is 29.8 Å². The van der Waals surface area contributed by atoms with Crippen LogP contribution in [-0.4, -0.2) is 78.9 Å². The number of hydrogen-bond donors (Lipinski definition) is 3. The van der Waals surface area contributed by atoms with Gasteiger partial charge in [-0.05, 0) is 58.7 Å². The van der Waals surface area contributed by atoms with Crippen LogP contribution in [0.5, 0.6) is 0 Å². The van der Waals surface area contributed by atoms with Gasteiger partial charge in [-0.25, -0.2) is 9.59 Å². The van der Waals surface area contributed by atoms with E-state index in [1.807, 2.05) is 24.3 Å². The number of fused-ring (bicyclic) bond motifs is 2. The van der Waals surface area contributed by atoms with Crippen LogP contribution in [0.1, 0.15) is 49.4 Å². The third-order valence-corrected chi connectivity index (χ3v) is 8.74. The van der Waals surface area contributed by atoms with Gasteiger partial charge < -0.3 is 34.7 Å². The van der Waals surface area contributed by atoms with Gasteiger partial charge >= 0.3 is 18.1 Å². The van der Waals surface area contributed by atoms with Gasteiger partial charge in [-0.3, -0.25) is 9.59 Å². The second-order valence-electron chi connectivity index (χ2n) is 12.6. The summed E-state index contributed by atoms with van der Waals surface area (Å²) in [5.74, 6) is -3.65. The minimum absolute atomic E-state index is 0.0234. The van der Waals surface area contributed by atoms with Crippen molar-refractivity contribution in [3.8, 4) is 0 Å². The normalized spacial score (nSPS) is 20.2. The molecule has 3 N–H and O–H groups in total. The molecular weight excluding hydrogens is 685 g/mol. The van der Waals surface area contributed by atoms with Gasteiger partial charge in [-0.1, -0.05) is 48.5 Å². The van der Waals surface area contributed by atoms with Crippen molar-refractivity contribution in [1.29, 1.82) is 0 Å². The van der Waals surface area contributed by atoms with E-state index >= 15 is 0 Å². The van der Waals surface area contributed by atoms with Crippen molar-refractivity contribution in [3.63, 3.8) is 0 Å². The number of benzene rings is 3. The fourth-order valence-electron chi connectivity index (χ4n) is 6.35. The number of hydrogen-bond acceptors (Lipinski definition) is 9. The van der Waals surface area contributed by atoms with E-state index in [9.17, 15) is 32.3 Å². The van der Waals surface area contributed by atoms with E-state index in [2.05, 4.69) is 15.4 Å². The molecule has 272 valence electrons. The Hall–Kier alpha value is -5.31. The molecule has 0 aromatic heterocycles. The monoisotopic (exact) mass is 720 g/mol. The predicted octanol–water partition coefficient (Wildman–Crippen LogP) is 3.98. The molecule has 2 aliphatic carbocycles. The van der Waals surface area contributed by atoms with Gasteiger partial charge in [0, 0.05) is 49.6 Å². The van der Waals surface area contributed by atoms with Gasteiger partial charge in [0.15, 0.2) is 12.4 Å². The molecule has 0 radical (unpaired) electrons. The second-order valence-corrected chi connectivity index (χ2v) is 12.6. The van der Waals surface area contributed by atoms with Crippen LogP contribution in [0.25, 0.3) is 6.08 Å². The van der Waals surface area contributed by atoms with Crippen LogP contribution in [0.2, 0.25) is 0 Å². The van der Waals surface area contributed by atoms with Crippen LogP contribution in [0.4, 0.5) is 13.2 Å². The van der Waals surface area contributed by atoms with E-state index in [-0.39, 0.29) is 37.6 Å². The Balaban J connectivity index is 1.15. The summed E-state index contributed by atoms with van der Waals surface area (Å²) < 4.78 is 60.0. The maximum Gasteiger partial charge on any atom is 0.422 e. The van der Waals surface area contributed by atoms with E-state index in [1.165, 1.54) is 30.3 Å². The minimum atomic E-state index is -4.64. The number of rotatable bonds is 11. The van der Waals surface area contributed by atoms with E-state index in [0.717, 1.165) is 17.2 Å². The summed E-state index contributed by atoms with van der Waals surface area (Å²) >= 11 is 0. The van der Waals surface area contributed by atoms with Crippen LogP contribution < -0.4 is 10.6 Å². The molecule has 1 fully saturated rings. The fourth-order valence-corrected chi connectivity index (χ4v) is 6.35. The van der Waals surface area contributed by atoms with Gasteiger partial charge in [-0.2, -0.15) is 13.2 Å². The molecule has 0 bridgehead atoms. The number of carbonyl (C=O) groups excluding carboxylic acids is 4. The highest BCUT2D eigenvalue weighted by atomic mass is 19.4. The van der Waals surface area contributed by atoms with Crippen LogP contribution in [0.3, 0.4) is 0 Å². The molecule has 11 nitrogen and oxygen atoms in total. The van der Waals surface area contributed by atoms with Crippen molar-refractivity contribution < 1.29 is 56.4 Å². The number of nitrogens with one attached hydrogen (secondary N) is 2. The third-order valence-electron chi connectivity index (χ3n) is 8.74. The zero-order chi connectivity index (χ0) is 36.9. The SMILES string of the molecule is O=C(C=Cc1ccc(C(=O)OC2CC(C(=O)NCc3cccc(C(=O)NCCO)c3)=CC3OC4(Cc5ccccc5C4)OC32)cc1)OCC(F)(F)F. The molecule has 14 heteroatoms. The zero-order valence-corrected chi connectivity index (χ0v) is 27.7. The summed E-state index contributed by atoms with van der Waals surface area (Å²) in [6.07, 6.45) is -2.19. The lowest BCUT2D eigenvalue weighted by Gasteiger charge is -2.30. The van der Waals surface area contributed by atoms with Gasteiger partial charge in [0.25, 0.3) is 5.91 Å². The predicted molar refractivity (Wildman–Crippen MR) is 178 cm³/mol. The highest BCUT2D eigenvalue weighted by Crippen LogP contribution is 2.45. The van der Waals surface area contributed by atoms with Crippen LogP contribution >= 0.6 is 0 Å². The highest BCUT2D eigenvalue weighted by molar-refractivity contribution is 5.95. The first-order chi connectivity index (χ1) is 24.9. The maximum atomic E-state index is 13.5. The smallest absolute Gasteiger partial charge is 0.422 e. The lowest BCUT2D eigenvalue weighted by molar-refractivity contribution is -0.182. The van der Waals surface area contributed by atoms with Crippen molar-refractivity contribution in [3.05, 3.63) is 124 Å². The molecule has 3 aromatic rings. The average molecular weight is 721 g/mol. The Morgan fingerprint density at radius 2 is 1.63 bits per heavy atom. The first-order valence-corrected chi connectivity index (χ1v) is 16.5. The summed E-state index contributed by atoms with van der Waals surface area (Å²) in [5.41, 5.74) is 4.09. The van der Waals surface area contributed by atoms with E-state index in [1.54, 1.807) is 30.3 Å². The Kier molecular flexibility index (Phi) is 10.9. The molecule has 6 rings (SSSR count). The molecular formula is C38H35F3N2O9. The molecule has 0 saturated carbocycles. The number of aliphatic hydroxyl groups is 1. The van der Waals surface area contributed by atoms with Crippen LogP contribution in [0, 0.1) is 0 Å². The van der Waals surface area contributed by atoms with Crippen LogP contribution in [-0.2, 0) is 47.9 Å². The Morgan fingerprint density at radius 1 is 0.904 bits per heavy atom. The topological polar surface area (TPSA) is 149 Å². The average Bonchev–Trinajstić information content (AvgIpc) is 3.69. The maximum absolute atomic E-state index is 13.5. The molecule has 1 aliphatic heterocycles.